The molecular formula is C20H26BrN. The fourth-order valence-electron chi connectivity index (χ4n) is 2.69. The van der Waals surface area contributed by atoms with Gasteiger partial charge in [-0.1, -0.05) is 67.0 Å². The van der Waals surface area contributed by atoms with E-state index in [2.05, 4.69) is 98.0 Å². The molecular weight excluding hydrogens is 334 g/mol. The Morgan fingerprint density at radius 2 is 1.50 bits per heavy atom. The molecule has 0 aliphatic heterocycles. The van der Waals surface area contributed by atoms with E-state index in [1.807, 2.05) is 0 Å². The smallest absolute Gasteiger partial charge is 0.0234 e. The largest absolute Gasteiger partial charge is 0.298 e. The van der Waals surface area contributed by atoms with Crippen LogP contribution in [-0.2, 0) is 18.5 Å². The molecule has 0 amide bonds. The third-order valence-electron chi connectivity index (χ3n) is 3.83. The molecule has 2 aromatic carbocycles. The Hall–Kier alpha value is -1.12. The molecule has 0 spiro atoms. The molecule has 22 heavy (non-hydrogen) atoms. The molecule has 0 N–H and O–H groups in total. The second-order valence-electron chi connectivity index (χ2n) is 7.26. The summed E-state index contributed by atoms with van der Waals surface area (Å²) in [6.07, 6.45) is 0. The van der Waals surface area contributed by atoms with E-state index in [1.54, 1.807) is 0 Å². The molecule has 0 saturated heterocycles. The fraction of sp³-hybridized carbons (Fsp3) is 0.400. The standard InChI is InChI=1S/C20H26BrN/c1-15-10-17(12-19(21)11-15)14-22(5)13-16-6-8-18(9-7-16)20(2,3)4/h6-12H,13-14H2,1-5H3. The molecule has 0 aliphatic rings. The molecule has 0 heterocycles. The molecule has 0 aliphatic carbocycles. The molecule has 1 nitrogen and oxygen atoms in total. The van der Waals surface area contributed by atoms with Crippen LogP contribution in [0.4, 0.5) is 0 Å². The maximum absolute atomic E-state index is 3.58. The van der Waals surface area contributed by atoms with Gasteiger partial charge in [-0.15, -0.1) is 0 Å². The highest BCUT2D eigenvalue weighted by Gasteiger charge is 2.13. The van der Waals surface area contributed by atoms with Crippen molar-refractivity contribution >= 4 is 15.9 Å². The van der Waals surface area contributed by atoms with Gasteiger partial charge >= 0.3 is 0 Å². The van der Waals surface area contributed by atoms with Crippen LogP contribution in [0.1, 0.15) is 43.0 Å². The Kier molecular flexibility index (Phi) is 5.46. The molecule has 0 atom stereocenters. The van der Waals surface area contributed by atoms with Gasteiger partial charge in [0.15, 0.2) is 0 Å². The summed E-state index contributed by atoms with van der Waals surface area (Å²) < 4.78 is 1.16. The monoisotopic (exact) mass is 359 g/mol. The van der Waals surface area contributed by atoms with Crippen molar-refractivity contribution in [1.29, 1.82) is 0 Å². The zero-order valence-electron chi connectivity index (χ0n) is 14.3. The van der Waals surface area contributed by atoms with Crippen LogP contribution in [0.5, 0.6) is 0 Å². The van der Waals surface area contributed by atoms with Crippen molar-refractivity contribution in [3.05, 3.63) is 69.2 Å². The van der Waals surface area contributed by atoms with Crippen molar-refractivity contribution in [2.24, 2.45) is 0 Å². The number of hydrogen-bond donors (Lipinski definition) is 0. The van der Waals surface area contributed by atoms with E-state index in [1.165, 1.54) is 22.3 Å². The van der Waals surface area contributed by atoms with Gasteiger partial charge in [0.2, 0.25) is 0 Å². The predicted octanol–water partition coefficient (Wildman–Crippen LogP) is 5.69. The van der Waals surface area contributed by atoms with Crippen molar-refractivity contribution in [3.63, 3.8) is 0 Å². The van der Waals surface area contributed by atoms with Gasteiger partial charge in [0.25, 0.3) is 0 Å². The molecule has 0 aromatic heterocycles. The first kappa shape index (κ1) is 17.2. The molecule has 2 heteroatoms. The molecule has 2 aromatic rings. The first-order chi connectivity index (χ1) is 10.2. The summed E-state index contributed by atoms with van der Waals surface area (Å²) in [5.41, 5.74) is 5.62. The molecule has 118 valence electrons. The van der Waals surface area contributed by atoms with E-state index in [-0.39, 0.29) is 5.41 Å². The van der Waals surface area contributed by atoms with E-state index in [0.29, 0.717) is 0 Å². The molecule has 0 fully saturated rings. The lowest BCUT2D eigenvalue weighted by atomic mass is 9.87. The van der Waals surface area contributed by atoms with Crippen LogP contribution in [0.25, 0.3) is 0 Å². The first-order valence-electron chi connectivity index (χ1n) is 7.78. The average molecular weight is 360 g/mol. The summed E-state index contributed by atoms with van der Waals surface area (Å²) in [4.78, 5) is 2.35. The van der Waals surface area contributed by atoms with Crippen LogP contribution in [0.3, 0.4) is 0 Å². The van der Waals surface area contributed by atoms with Crippen molar-refractivity contribution in [2.45, 2.75) is 46.2 Å². The van der Waals surface area contributed by atoms with Gasteiger partial charge in [0.05, 0.1) is 0 Å². The number of rotatable bonds is 4. The third kappa shape index (κ3) is 4.96. The van der Waals surface area contributed by atoms with Crippen molar-refractivity contribution in [3.8, 4) is 0 Å². The minimum Gasteiger partial charge on any atom is -0.298 e. The highest BCUT2D eigenvalue weighted by molar-refractivity contribution is 9.10. The van der Waals surface area contributed by atoms with Crippen molar-refractivity contribution < 1.29 is 0 Å². The average Bonchev–Trinajstić information content (AvgIpc) is 2.36. The second-order valence-corrected chi connectivity index (χ2v) is 8.17. The predicted molar refractivity (Wildman–Crippen MR) is 99.2 cm³/mol. The molecule has 0 unspecified atom stereocenters. The molecule has 2 rings (SSSR count). The Bertz CT molecular complexity index is 603. The topological polar surface area (TPSA) is 3.24 Å². The highest BCUT2D eigenvalue weighted by atomic mass is 79.9. The SMILES string of the molecule is Cc1cc(Br)cc(CN(C)Cc2ccc(C(C)(C)C)cc2)c1. The number of benzene rings is 2. The molecule has 0 saturated carbocycles. The Morgan fingerprint density at radius 1 is 0.909 bits per heavy atom. The van der Waals surface area contributed by atoms with E-state index in [9.17, 15) is 0 Å². The zero-order chi connectivity index (χ0) is 16.3. The van der Waals surface area contributed by atoms with Crippen LogP contribution in [0.2, 0.25) is 0 Å². The summed E-state index contributed by atoms with van der Waals surface area (Å²) in [6.45, 7) is 10.8. The van der Waals surface area contributed by atoms with Crippen LogP contribution >= 0.6 is 15.9 Å². The maximum atomic E-state index is 3.58. The number of hydrogen-bond acceptors (Lipinski definition) is 1. The Morgan fingerprint density at radius 3 is 2.05 bits per heavy atom. The second kappa shape index (κ2) is 6.97. The van der Waals surface area contributed by atoms with Crippen LogP contribution in [0.15, 0.2) is 46.9 Å². The number of nitrogens with zero attached hydrogens (tertiary/aromatic N) is 1. The molecule has 0 bridgehead atoms. The number of halogens is 1. The van der Waals surface area contributed by atoms with Crippen molar-refractivity contribution in [2.75, 3.05) is 7.05 Å². The minimum absolute atomic E-state index is 0.221. The van der Waals surface area contributed by atoms with E-state index in [4.69, 9.17) is 0 Å². The Labute approximate surface area is 143 Å². The summed E-state index contributed by atoms with van der Waals surface area (Å²) in [6, 6.07) is 15.6. The summed E-state index contributed by atoms with van der Waals surface area (Å²) in [5.74, 6) is 0. The first-order valence-corrected chi connectivity index (χ1v) is 8.57. The van der Waals surface area contributed by atoms with Gasteiger partial charge < -0.3 is 0 Å². The van der Waals surface area contributed by atoms with Crippen LogP contribution < -0.4 is 0 Å². The molecule has 0 radical (unpaired) electrons. The van der Waals surface area contributed by atoms with E-state index < -0.39 is 0 Å². The van der Waals surface area contributed by atoms with Gasteiger partial charge in [-0.2, -0.15) is 0 Å². The third-order valence-corrected chi connectivity index (χ3v) is 4.28. The maximum Gasteiger partial charge on any atom is 0.0234 e. The Balaban J connectivity index is 2.01. The zero-order valence-corrected chi connectivity index (χ0v) is 15.9. The van der Waals surface area contributed by atoms with Gasteiger partial charge in [-0.05, 0) is 53.8 Å². The van der Waals surface area contributed by atoms with E-state index in [0.717, 1.165) is 17.6 Å². The van der Waals surface area contributed by atoms with E-state index >= 15 is 0 Å². The van der Waals surface area contributed by atoms with Gasteiger partial charge in [-0.3, -0.25) is 4.90 Å². The van der Waals surface area contributed by atoms with Crippen LogP contribution in [0, 0.1) is 6.92 Å². The van der Waals surface area contributed by atoms with Gasteiger partial charge in [0, 0.05) is 17.6 Å². The summed E-state index contributed by atoms with van der Waals surface area (Å²) in [7, 11) is 2.17. The lowest BCUT2D eigenvalue weighted by molar-refractivity contribution is 0.319. The lowest BCUT2D eigenvalue weighted by Gasteiger charge is -2.21. The summed E-state index contributed by atoms with van der Waals surface area (Å²) in [5, 5.41) is 0. The quantitative estimate of drug-likeness (QED) is 0.677. The van der Waals surface area contributed by atoms with Crippen molar-refractivity contribution in [1.82, 2.24) is 4.90 Å². The van der Waals surface area contributed by atoms with Gasteiger partial charge in [-0.25, -0.2) is 0 Å². The lowest BCUT2D eigenvalue weighted by Crippen LogP contribution is -2.17. The summed E-state index contributed by atoms with van der Waals surface area (Å²) >= 11 is 3.58. The highest BCUT2D eigenvalue weighted by Crippen LogP contribution is 2.23. The fourth-order valence-corrected chi connectivity index (χ4v) is 3.35. The normalized spacial score (nSPS) is 12.0. The minimum atomic E-state index is 0.221. The number of aryl methyl sites for hydroxylation is 1. The van der Waals surface area contributed by atoms with Crippen LogP contribution in [-0.4, -0.2) is 11.9 Å². The van der Waals surface area contributed by atoms with Gasteiger partial charge in [0.1, 0.15) is 0 Å².